The second-order valence-electron chi connectivity index (χ2n) is 8.38. The van der Waals surface area contributed by atoms with Crippen molar-refractivity contribution >= 4 is 21.6 Å². The van der Waals surface area contributed by atoms with Crippen LogP contribution in [0.3, 0.4) is 0 Å². The van der Waals surface area contributed by atoms with Gasteiger partial charge in [0.05, 0.1) is 17.7 Å². The Kier molecular flexibility index (Phi) is 5.73. The first-order valence-electron chi connectivity index (χ1n) is 10.4. The van der Waals surface area contributed by atoms with E-state index in [0.29, 0.717) is 23.3 Å². The van der Waals surface area contributed by atoms with Gasteiger partial charge in [0.15, 0.2) is 0 Å². The molecule has 7 heteroatoms. The third-order valence-electron chi connectivity index (χ3n) is 6.32. The summed E-state index contributed by atoms with van der Waals surface area (Å²) >= 11 is 0. The maximum atomic E-state index is 13.4. The zero-order valence-electron chi connectivity index (χ0n) is 17.4. The summed E-state index contributed by atoms with van der Waals surface area (Å²) in [5, 5.41) is 3.10. The van der Waals surface area contributed by atoms with Gasteiger partial charge in [-0.15, -0.1) is 0 Å². The summed E-state index contributed by atoms with van der Waals surface area (Å²) in [5.74, 6) is 1.49. The molecule has 2 bridgehead atoms. The maximum absolute atomic E-state index is 13.4. The molecule has 2 aromatic carbocycles. The number of nitrogens with zero attached hydrogens (tertiary/aromatic N) is 1. The number of hydrogen-bond donors (Lipinski definition) is 1. The molecular weight excluding hydrogens is 400 g/mol. The first-order valence-corrected chi connectivity index (χ1v) is 11.8. The Balaban J connectivity index is 1.61. The van der Waals surface area contributed by atoms with E-state index >= 15 is 0 Å². The van der Waals surface area contributed by atoms with Crippen LogP contribution < -0.4 is 14.4 Å². The Morgan fingerprint density at radius 1 is 1.13 bits per heavy atom. The maximum Gasteiger partial charge on any atom is 0.264 e. The smallest absolute Gasteiger partial charge is 0.264 e. The number of ether oxygens (including phenoxy) is 1. The Morgan fingerprint density at radius 3 is 2.53 bits per heavy atom. The van der Waals surface area contributed by atoms with E-state index in [-0.39, 0.29) is 23.4 Å². The van der Waals surface area contributed by atoms with Gasteiger partial charge in [0.2, 0.25) is 5.91 Å². The van der Waals surface area contributed by atoms with Crippen LogP contribution in [0.2, 0.25) is 0 Å². The monoisotopic (exact) mass is 428 g/mol. The molecule has 2 saturated carbocycles. The Morgan fingerprint density at radius 2 is 1.90 bits per heavy atom. The van der Waals surface area contributed by atoms with Gasteiger partial charge in [-0.2, -0.15) is 0 Å². The predicted molar refractivity (Wildman–Crippen MR) is 116 cm³/mol. The highest BCUT2D eigenvalue weighted by Gasteiger charge is 2.40. The minimum absolute atomic E-state index is 0.156. The van der Waals surface area contributed by atoms with Crippen LogP contribution in [-0.2, 0) is 14.8 Å². The third-order valence-corrected chi connectivity index (χ3v) is 8.11. The molecule has 6 nitrogen and oxygen atoms in total. The number of nitrogens with one attached hydrogen (secondary N) is 1. The summed E-state index contributed by atoms with van der Waals surface area (Å²) in [5.41, 5.74) is 1.37. The van der Waals surface area contributed by atoms with Crippen molar-refractivity contribution in [2.24, 2.45) is 11.8 Å². The fourth-order valence-electron chi connectivity index (χ4n) is 4.72. The average Bonchev–Trinajstić information content (AvgIpc) is 3.35. The molecule has 0 saturated heterocycles. The lowest BCUT2D eigenvalue weighted by atomic mass is 9.95. The van der Waals surface area contributed by atoms with Gasteiger partial charge in [-0.05, 0) is 62.3 Å². The van der Waals surface area contributed by atoms with Crippen molar-refractivity contribution in [3.05, 3.63) is 54.1 Å². The molecular formula is C23H28N2O4S. The van der Waals surface area contributed by atoms with Crippen molar-refractivity contribution < 1.29 is 17.9 Å². The highest BCUT2D eigenvalue weighted by atomic mass is 32.2. The number of fused-ring (bicyclic) bond motifs is 2. The van der Waals surface area contributed by atoms with E-state index in [0.717, 1.165) is 18.4 Å². The Hall–Kier alpha value is -2.54. The molecule has 2 aromatic rings. The van der Waals surface area contributed by atoms with E-state index in [1.54, 1.807) is 48.5 Å². The summed E-state index contributed by atoms with van der Waals surface area (Å²) in [6.07, 6.45) is 4.57. The van der Waals surface area contributed by atoms with Gasteiger partial charge in [-0.1, -0.05) is 30.2 Å². The number of benzene rings is 2. The van der Waals surface area contributed by atoms with Crippen LogP contribution in [0.25, 0.3) is 0 Å². The molecule has 2 fully saturated rings. The molecule has 4 rings (SSSR count). The second-order valence-corrected chi connectivity index (χ2v) is 10.2. The minimum atomic E-state index is -3.92. The summed E-state index contributed by atoms with van der Waals surface area (Å²) in [6, 6.07) is 13.6. The van der Waals surface area contributed by atoms with Crippen LogP contribution in [0.4, 0.5) is 5.69 Å². The third kappa shape index (κ3) is 4.17. The number of methoxy groups -OCH3 is 1. The van der Waals surface area contributed by atoms with Gasteiger partial charge in [0.25, 0.3) is 10.0 Å². The van der Waals surface area contributed by atoms with Gasteiger partial charge < -0.3 is 10.1 Å². The number of anilines is 1. The molecule has 160 valence electrons. The summed E-state index contributed by atoms with van der Waals surface area (Å²) < 4.78 is 33.3. The molecule has 0 radical (unpaired) electrons. The van der Waals surface area contributed by atoms with Crippen molar-refractivity contribution in [1.29, 1.82) is 0 Å². The molecule has 1 N–H and O–H groups in total. The van der Waals surface area contributed by atoms with E-state index in [1.165, 1.54) is 24.3 Å². The highest BCUT2D eigenvalue weighted by Crippen LogP contribution is 2.44. The lowest BCUT2D eigenvalue weighted by Crippen LogP contribution is -2.46. The number of sulfonamides is 1. The summed E-state index contributed by atoms with van der Waals surface area (Å²) in [7, 11) is -2.39. The van der Waals surface area contributed by atoms with Gasteiger partial charge in [-0.25, -0.2) is 8.42 Å². The normalized spacial score (nSPS) is 22.7. The number of carbonyl (C=O) groups is 1. The van der Waals surface area contributed by atoms with Crippen molar-refractivity contribution in [3.8, 4) is 5.75 Å². The topological polar surface area (TPSA) is 75.7 Å². The van der Waals surface area contributed by atoms with E-state index in [2.05, 4.69) is 5.32 Å². The highest BCUT2D eigenvalue weighted by molar-refractivity contribution is 7.92. The number of amides is 1. The van der Waals surface area contributed by atoms with E-state index in [4.69, 9.17) is 4.74 Å². The largest absolute Gasteiger partial charge is 0.497 e. The first kappa shape index (κ1) is 20.7. The van der Waals surface area contributed by atoms with Crippen LogP contribution in [0, 0.1) is 18.8 Å². The van der Waals surface area contributed by atoms with Crippen LogP contribution in [0.5, 0.6) is 5.75 Å². The lowest BCUT2D eigenvalue weighted by molar-refractivity contribution is -0.120. The number of hydrogen-bond acceptors (Lipinski definition) is 4. The predicted octanol–water partition coefficient (Wildman–Crippen LogP) is 3.50. The molecule has 30 heavy (non-hydrogen) atoms. The van der Waals surface area contributed by atoms with Crippen molar-refractivity contribution in [3.63, 3.8) is 0 Å². The van der Waals surface area contributed by atoms with Crippen molar-refractivity contribution in [1.82, 2.24) is 5.32 Å². The molecule has 1 amide bonds. The minimum Gasteiger partial charge on any atom is -0.497 e. The van der Waals surface area contributed by atoms with Crippen LogP contribution in [0.1, 0.15) is 31.2 Å². The van der Waals surface area contributed by atoms with E-state index in [1.807, 2.05) is 6.92 Å². The molecule has 0 unspecified atom stereocenters. The molecule has 2 aliphatic carbocycles. The Bertz CT molecular complexity index is 1020. The van der Waals surface area contributed by atoms with Gasteiger partial charge in [0.1, 0.15) is 12.3 Å². The first-order chi connectivity index (χ1) is 14.4. The molecule has 0 aliphatic heterocycles. The zero-order chi connectivity index (χ0) is 21.3. The molecule has 0 heterocycles. The summed E-state index contributed by atoms with van der Waals surface area (Å²) in [4.78, 5) is 13.1. The van der Waals surface area contributed by atoms with Gasteiger partial charge in [-0.3, -0.25) is 9.10 Å². The van der Waals surface area contributed by atoms with Gasteiger partial charge in [0, 0.05) is 12.1 Å². The van der Waals surface area contributed by atoms with Crippen molar-refractivity contribution in [2.45, 2.75) is 43.5 Å². The van der Waals surface area contributed by atoms with Crippen LogP contribution in [-0.4, -0.2) is 34.0 Å². The second kappa shape index (κ2) is 8.30. The fraction of sp³-hybridized carbons (Fsp3) is 0.435. The zero-order valence-corrected chi connectivity index (χ0v) is 18.2. The van der Waals surface area contributed by atoms with E-state index < -0.39 is 10.0 Å². The van der Waals surface area contributed by atoms with Crippen LogP contribution >= 0.6 is 0 Å². The summed E-state index contributed by atoms with van der Waals surface area (Å²) in [6.45, 7) is 1.64. The number of aryl methyl sites for hydroxylation is 1. The average molecular weight is 429 g/mol. The Labute approximate surface area is 178 Å². The number of rotatable bonds is 7. The van der Waals surface area contributed by atoms with E-state index in [9.17, 15) is 13.2 Å². The fourth-order valence-corrected chi connectivity index (χ4v) is 6.14. The SMILES string of the molecule is COc1cccc(N(CC(=O)N[C@@H]2C[C@@H]3CC[C@H]2C3)S(=O)(=O)c2ccc(C)cc2)c1. The van der Waals surface area contributed by atoms with Crippen LogP contribution in [0.15, 0.2) is 53.4 Å². The molecule has 0 aromatic heterocycles. The standard InChI is InChI=1S/C23H28N2O4S/c1-16-6-10-21(11-7-16)30(27,28)25(19-4-3-5-20(14-19)29-2)15-23(26)24-22-13-17-8-9-18(22)12-17/h3-7,10-11,14,17-18,22H,8-9,12-13,15H2,1-2H3,(H,24,26)/t17-,18+,22-/m1/s1. The molecule has 0 spiro atoms. The number of carbonyl (C=O) groups excluding carboxylic acids is 1. The quantitative estimate of drug-likeness (QED) is 0.732. The van der Waals surface area contributed by atoms with Crippen molar-refractivity contribution in [2.75, 3.05) is 18.0 Å². The molecule has 3 atom stereocenters. The lowest BCUT2D eigenvalue weighted by Gasteiger charge is -2.27. The van der Waals surface area contributed by atoms with Gasteiger partial charge >= 0.3 is 0 Å². The molecule has 2 aliphatic rings.